The lowest BCUT2D eigenvalue weighted by atomic mass is 10.1. The zero-order chi connectivity index (χ0) is 12.5. The van der Waals surface area contributed by atoms with Crippen LogP contribution in [0.5, 0.6) is 0 Å². The van der Waals surface area contributed by atoms with E-state index in [4.69, 9.17) is 4.52 Å². The third-order valence-electron chi connectivity index (χ3n) is 3.36. The molecule has 2 aromatic rings. The van der Waals surface area contributed by atoms with Gasteiger partial charge in [-0.05, 0) is 13.3 Å². The minimum absolute atomic E-state index is 0.511. The van der Waals surface area contributed by atoms with Crippen LogP contribution < -0.4 is 10.2 Å². The molecule has 96 valence electrons. The highest BCUT2D eigenvalue weighted by molar-refractivity contribution is 5.88. The Morgan fingerprint density at radius 1 is 1.44 bits per heavy atom. The highest BCUT2D eigenvalue weighted by Crippen LogP contribution is 2.28. The first-order valence-electron chi connectivity index (χ1n) is 6.35. The Kier molecular flexibility index (Phi) is 2.87. The predicted octanol–water partition coefficient (Wildman–Crippen LogP) is 1.11. The van der Waals surface area contributed by atoms with E-state index in [9.17, 15) is 0 Å². The van der Waals surface area contributed by atoms with E-state index in [1.807, 2.05) is 6.92 Å². The van der Waals surface area contributed by atoms with Crippen molar-refractivity contribution in [1.82, 2.24) is 20.4 Å². The molecule has 0 aromatic carbocycles. The van der Waals surface area contributed by atoms with Crippen molar-refractivity contribution in [2.24, 2.45) is 0 Å². The fraction of sp³-hybridized carbons (Fsp3) is 0.583. The van der Waals surface area contributed by atoms with Gasteiger partial charge in [-0.1, -0.05) is 12.1 Å². The Labute approximate surface area is 105 Å². The highest BCUT2D eigenvalue weighted by atomic mass is 16.5. The van der Waals surface area contributed by atoms with Crippen LogP contribution in [0.25, 0.3) is 11.1 Å². The first-order valence-corrected chi connectivity index (χ1v) is 6.35. The van der Waals surface area contributed by atoms with E-state index in [0.717, 1.165) is 43.0 Å². The molecule has 1 saturated heterocycles. The molecule has 1 fully saturated rings. The number of nitrogens with zero attached hydrogens (tertiary/aromatic N) is 4. The molecule has 0 unspecified atom stereocenters. The third-order valence-corrected chi connectivity index (χ3v) is 3.36. The summed E-state index contributed by atoms with van der Waals surface area (Å²) in [5.74, 6) is 0.951. The zero-order valence-corrected chi connectivity index (χ0v) is 10.7. The van der Waals surface area contributed by atoms with Crippen LogP contribution in [0.3, 0.4) is 0 Å². The number of aromatic nitrogens is 3. The maximum atomic E-state index is 5.21. The van der Waals surface area contributed by atoms with Crippen molar-refractivity contribution in [3.05, 3.63) is 12.0 Å². The molecule has 18 heavy (non-hydrogen) atoms. The van der Waals surface area contributed by atoms with Gasteiger partial charge in [0.25, 0.3) is 5.71 Å². The standard InChI is InChI=1S/C12H17N5O/c1-3-4-17(9-5-13-6-9)11-10-8(2)16-18-12(10)15-7-14-11/h7,9,13H,3-6H2,1-2H3. The van der Waals surface area contributed by atoms with Crippen molar-refractivity contribution in [2.75, 3.05) is 24.5 Å². The second-order valence-electron chi connectivity index (χ2n) is 4.65. The van der Waals surface area contributed by atoms with Gasteiger partial charge in [0.1, 0.15) is 17.5 Å². The second-order valence-corrected chi connectivity index (χ2v) is 4.65. The molecule has 0 aliphatic carbocycles. The van der Waals surface area contributed by atoms with Crippen LogP contribution in [0.4, 0.5) is 5.82 Å². The van der Waals surface area contributed by atoms with Crippen molar-refractivity contribution in [1.29, 1.82) is 0 Å². The van der Waals surface area contributed by atoms with Gasteiger partial charge in [-0.15, -0.1) is 0 Å². The quantitative estimate of drug-likeness (QED) is 0.873. The van der Waals surface area contributed by atoms with Gasteiger partial charge in [-0.2, -0.15) is 4.98 Å². The molecule has 0 spiro atoms. The summed E-state index contributed by atoms with van der Waals surface area (Å²) in [4.78, 5) is 10.9. The topological polar surface area (TPSA) is 67.1 Å². The molecule has 2 aromatic heterocycles. The monoisotopic (exact) mass is 247 g/mol. The molecule has 1 aliphatic heterocycles. The second kappa shape index (κ2) is 4.53. The molecule has 0 atom stereocenters. The number of hydrogen-bond acceptors (Lipinski definition) is 6. The number of rotatable bonds is 4. The minimum Gasteiger partial charge on any atom is -0.350 e. The van der Waals surface area contributed by atoms with Gasteiger partial charge >= 0.3 is 0 Å². The number of anilines is 1. The van der Waals surface area contributed by atoms with Gasteiger partial charge in [0.2, 0.25) is 0 Å². The highest BCUT2D eigenvalue weighted by Gasteiger charge is 2.27. The maximum absolute atomic E-state index is 5.21. The van der Waals surface area contributed by atoms with E-state index in [2.05, 4.69) is 32.3 Å². The molecular formula is C12H17N5O. The normalized spacial score (nSPS) is 15.9. The van der Waals surface area contributed by atoms with Crippen molar-refractivity contribution in [3.8, 4) is 0 Å². The van der Waals surface area contributed by atoms with Gasteiger partial charge in [-0.3, -0.25) is 0 Å². The number of aryl methyl sites for hydroxylation is 1. The molecule has 6 nitrogen and oxygen atoms in total. The van der Waals surface area contributed by atoms with Gasteiger partial charge in [0.15, 0.2) is 0 Å². The van der Waals surface area contributed by atoms with E-state index < -0.39 is 0 Å². The molecule has 1 aliphatic rings. The van der Waals surface area contributed by atoms with Crippen molar-refractivity contribution >= 4 is 16.9 Å². The molecule has 0 saturated carbocycles. The Bertz CT molecular complexity index is 548. The Balaban J connectivity index is 2.07. The van der Waals surface area contributed by atoms with Gasteiger partial charge in [-0.25, -0.2) is 4.98 Å². The Morgan fingerprint density at radius 2 is 2.28 bits per heavy atom. The largest absolute Gasteiger partial charge is 0.350 e. The predicted molar refractivity (Wildman–Crippen MR) is 68.6 cm³/mol. The van der Waals surface area contributed by atoms with E-state index in [-0.39, 0.29) is 0 Å². The van der Waals surface area contributed by atoms with Gasteiger partial charge in [0, 0.05) is 19.6 Å². The lowest BCUT2D eigenvalue weighted by Crippen LogP contribution is -2.57. The SMILES string of the molecule is CCCN(c1ncnc2onc(C)c12)C1CNC1. The maximum Gasteiger partial charge on any atom is 0.263 e. The molecule has 1 N–H and O–H groups in total. The molecule has 3 rings (SSSR count). The van der Waals surface area contributed by atoms with Gasteiger partial charge < -0.3 is 14.7 Å². The van der Waals surface area contributed by atoms with Crippen LogP contribution in [0.15, 0.2) is 10.9 Å². The summed E-state index contributed by atoms with van der Waals surface area (Å²) in [7, 11) is 0. The van der Waals surface area contributed by atoms with E-state index in [0.29, 0.717) is 11.8 Å². The van der Waals surface area contributed by atoms with Crippen LogP contribution >= 0.6 is 0 Å². The Morgan fingerprint density at radius 3 is 2.94 bits per heavy atom. The lowest BCUT2D eigenvalue weighted by Gasteiger charge is -2.39. The first-order chi connectivity index (χ1) is 8.81. The van der Waals surface area contributed by atoms with Crippen molar-refractivity contribution < 1.29 is 4.52 Å². The van der Waals surface area contributed by atoms with Crippen molar-refractivity contribution in [2.45, 2.75) is 26.3 Å². The first kappa shape index (κ1) is 11.4. The van der Waals surface area contributed by atoms with Crippen LogP contribution in [-0.4, -0.2) is 40.8 Å². The van der Waals surface area contributed by atoms with E-state index >= 15 is 0 Å². The molecule has 3 heterocycles. The lowest BCUT2D eigenvalue weighted by molar-refractivity contribution is 0.411. The number of nitrogens with one attached hydrogen (secondary N) is 1. The fourth-order valence-corrected chi connectivity index (χ4v) is 2.32. The summed E-state index contributed by atoms with van der Waals surface area (Å²) in [6, 6.07) is 0.511. The molecule has 0 amide bonds. The fourth-order valence-electron chi connectivity index (χ4n) is 2.32. The molecule has 6 heteroatoms. The van der Waals surface area contributed by atoms with Crippen LogP contribution in [-0.2, 0) is 0 Å². The van der Waals surface area contributed by atoms with Crippen molar-refractivity contribution in [3.63, 3.8) is 0 Å². The summed E-state index contributed by atoms with van der Waals surface area (Å²) < 4.78 is 5.21. The average Bonchev–Trinajstić information content (AvgIpc) is 2.69. The summed E-state index contributed by atoms with van der Waals surface area (Å²) in [5, 5.41) is 8.23. The average molecular weight is 247 g/mol. The molecular weight excluding hydrogens is 230 g/mol. The summed E-state index contributed by atoms with van der Waals surface area (Å²) >= 11 is 0. The molecule has 0 bridgehead atoms. The van der Waals surface area contributed by atoms with E-state index in [1.165, 1.54) is 0 Å². The Hall–Kier alpha value is -1.69. The summed E-state index contributed by atoms with van der Waals surface area (Å²) in [6.45, 7) is 7.12. The third kappa shape index (κ3) is 1.73. The van der Waals surface area contributed by atoms with Gasteiger partial charge in [0.05, 0.1) is 11.7 Å². The summed E-state index contributed by atoms with van der Waals surface area (Å²) in [6.07, 6.45) is 2.64. The smallest absolute Gasteiger partial charge is 0.263 e. The van der Waals surface area contributed by atoms with Crippen LogP contribution in [0.2, 0.25) is 0 Å². The summed E-state index contributed by atoms with van der Waals surface area (Å²) in [5.41, 5.74) is 1.43. The van der Waals surface area contributed by atoms with Crippen LogP contribution in [0, 0.1) is 6.92 Å². The molecule has 0 radical (unpaired) electrons. The van der Waals surface area contributed by atoms with E-state index in [1.54, 1.807) is 6.33 Å². The number of fused-ring (bicyclic) bond motifs is 1. The number of hydrogen-bond donors (Lipinski definition) is 1. The zero-order valence-electron chi connectivity index (χ0n) is 10.7. The van der Waals surface area contributed by atoms with Crippen LogP contribution in [0.1, 0.15) is 19.0 Å². The minimum atomic E-state index is 0.511.